The maximum Gasteiger partial charge on any atom is 0.0991 e. The lowest BCUT2D eigenvalue weighted by atomic mass is 10.1. The Balaban J connectivity index is 1.73. The topological polar surface area (TPSA) is 21.7 Å². The summed E-state index contributed by atoms with van der Waals surface area (Å²) in [5, 5.41) is 4.40. The first-order valence-corrected chi connectivity index (χ1v) is 7.81. The fourth-order valence-corrected chi connectivity index (χ4v) is 3.85. The van der Waals surface area contributed by atoms with Gasteiger partial charge < -0.3 is 9.47 Å². The summed E-state index contributed by atoms with van der Waals surface area (Å²) in [6.07, 6.45) is 2.95. The Hall–Kier alpha value is -0.420. The Kier molecular flexibility index (Phi) is 3.99. The molecule has 2 aliphatic rings. The Morgan fingerprint density at radius 2 is 2.44 bits per heavy atom. The standard InChI is InChI=1S/C14H21NO2S/c1-2-16-14-12-3-4-13(14)17-7-6-15(12)9-11-5-8-18-10-11/h5,8,10,12-14H,2-4,6-7,9H2,1H3/t12-,13-,14-/m1/s1. The minimum Gasteiger partial charge on any atom is -0.374 e. The molecule has 1 saturated heterocycles. The number of fused-ring (bicyclic) bond motifs is 2. The fraction of sp³-hybridized carbons (Fsp3) is 0.714. The number of rotatable bonds is 4. The third kappa shape index (κ3) is 2.48. The van der Waals surface area contributed by atoms with E-state index in [0.717, 1.165) is 32.7 Å². The quantitative estimate of drug-likeness (QED) is 0.836. The van der Waals surface area contributed by atoms with Gasteiger partial charge in [-0.1, -0.05) is 0 Å². The molecule has 2 heterocycles. The summed E-state index contributed by atoms with van der Waals surface area (Å²) in [5.41, 5.74) is 1.42. The van der Waals surface area contributed by atoms with E-state index < -0.39 is 0 Å². The van der Waals surface area contributed by atoms with Crippen LogP contribution >= 0.6 is 11.3 Å². The molecule has 1 aliphatic heterocycles. The Labute approximate surface area is 113 Å². The van der Waals surface area contributed by atoms with E-state index in [4.69, 9.17) is 9.47 Å². The van der Waals surface area contributed by atoms with E-state index in [1.807, 2.05) is 0 Å². The predicted molar refractivity (Wildman–Crippen MR) is 72.9 cm³/mol. The summed E-state index contributed by atoms with van der Waals surface area (Å²) in [6, 6.07) is 2.76. The normalized spacial score (nSPS) is 32.6. The van der Waals surface area contributed by atoms with Crippen molar-refractivity contribution in [1.29, 1.82) is 0 Å². The van der Waals surface area contributed by atoms with Gasteiger partial charge in [-0.25, -0.2) is 0 Å². The molecule has 18 heavy (non-hydrogen) atoms. The van der Waals surface area contributed by atoms with Crippen molar-refractivity contribution >= 4 is 11.3 Å². The van der Waals surface area contributed by atoms with Crippen LogP contribution in [0.15, 0.2) is 16.8 Å². The van der Waals surface area contributed by atoms with Gasteiger partial charge in [0, 0.05) is 25.7 Å². The molecule has 3 rings (SSSR count). The van der Waals surface area contributed by atoms with Crippen LogP contribution in [-0.2, 0) is 16.0 Å². The van der Waals surface area contributed by atoms with Crippen molar-refractivity contribution in [3.8, 4) is 0 Å². The van der Waals surface area contributed by atoms with Crippen molar-refractivity contribution < 1.29 is 9.47 Å². The van der Waals surface area contributed by atoms with E-state index >= 15 is 0 Å². The van der Waals surface area contributed by atoms with Crippen LogP contribution in [0.4, 0.5) is 0 Å². The number of hydrogen-bond acceptors (Lipinski definition) is 4. The molecule has 2 bridgehead atoms. The van der Waals surface area contributed by atoms with Crippen molar-refractivity contribution in [3.63, 3.8) is 0 Å². The summed E-state index contributed by atoms with van der Waals surface area (Å²) in [5.74, 6) is 0. The van der Waals surface area contributed by atoms with Crippen molar-refractivity contribution in [2.45, 2.75) is 44.6 Å². The zero-order valence-corrected chi connectivity index (χ0v) is 11.7. The summed E-state index contributed by atoms with van der Waals surface area (Å²) in [6.45, 7) is 5.77. The second-order valence-electron chi connectivity index (χ2n) is 5.08. The van der Waals surface area contributed by atoms with Crippen LogP contribution in [0.1, 0.15) is 25.3 Å². The van der Waals surface area contributed by atoms with Crippen LogP contribution in [0.5, 0.6) is 0 Å². The van der Waals surface area contributed by atoms with E-state index in [0.29, 0.717) is 12.1 Å². The van der Waals surface area contributed by atoms with Crippen molar-refractivity contribution in [2.24, 2.45) is 0 Å². The molecule has 1 saturated carbocycles. The summed E-state index contributed by atoms with van der Waals surface area (Å²) < 4.78 is 11.9. The van der Waals surface area contributed by atoms with Gasteiger partial charge in [0.15, 0.2) is 0 Å². The van der Waals surface area contributed by atoms with Crippen LogP contribution in [0.3, 0.4) is 0 Å². The van der Waals surface area contributed by atoms with Crippen LogP contribution in [-0.4, -0.2) is 42.9 Å². The molecule has 100 valence electrons. The smallest absolute Gasteiger partial charge is 0.0991 e. The highest BCUT2D eigenvalue weighted by Crippen LogP contribution is 2.32. The van der Waals surface area contributed by atoms with Crippen LogP contribution in [0, 0.1) is 0 Å². The van der Waals surface area contributed by atoms with Crippen LogP contribution in [0.25, 0.3) is 0 Å². The van der Waals surface area contributed by atoms with Gasteiger partial charge in [-0.2, -0.15) is 11.3 Å². The molecule has 0 radical (unpaired) electrons. The monoisotopic (exact) mass is 267 g/mol. The largest absolute Gasteiger partial charge is 0.374 e. The van der Waals surface area contributed by atoms with Gasteiger partial charge in [0.25, 0.3) is 0 Å². The highest BCUT2D eigenvalue weighted by atomic mass is 32.1. The average molecular weight is 267 g/mol. The number of hydrogen-bond donors (Lipinski definition) is 0. The molecule has 0 spiro atoms. The number of thiophene rings is 1. The fourth-order valence-electron chi connectivity index (χ4n) is 3.19. The Bertz CT molecular complexity index is 368. The molecule has 3 atom stereocenters. The minimum atomic E-state index is 0.274. The van der Waals surface area contributed by atoms with Crippen LogP contribution in [0.2, 0.25) is 0 Å². The molecule has 4 heteroatoms. The molecular formula is C14H21NO2S. The molecule has 0 unspecified atom stereocenters. The van der Waals surface area contributed by atoms with Gasteiger partial charge in [0.05, 0.1) is 18.8 Å². The number of nitrogens with zero attached hydrogens (tertiary/aromatic N) is 1. The highest BCUT2D eigenvalue weighted by Gasteiger charge is 2.42. The summed E-state index contributed by atoms with van der Waals surface area (Å²) >= 11 is 1.77. The summed E-state index contributed by atoms with van der Waals surface area (Å²) in [7, 11) is 0. The molecule has 0 N–H and O–H groups in total. The second-order valence-corrected chi connectivity index (χ2v) is 5.86. The van der Waals surface area contributed by atoms with Gasteiger partial charge in [-0.05, 0) is 42.2 Å². The lowest BCUT2D eigenvalue weighted by Crippen LogP contribution is -2.42. The van der Waals surface area contributed by atoms with Gasteiger partial charge in [-0.3, -0.25) is 4.90 Å². The third-order valence-electron chi connectivity index (χ3n) is 4.00. The van der Waals surface area contributed by atoms with Gasteiger partial charge >= 0.3 is 0 Å². The molecule has 2 fully saturated rings. The predicted octanol–water partition coefficient (Wildman–Crippen LogP) is 2.52. The lowest BCUT2D eigenvalue weighted by Gasteiger charge is -2.30. The second kappa shape index (κ2) is 5.70. The molecule has 1 aromatic heterocycles. The first-order chi connectivity index (χ1) is 8.88. The summed E-state index contributed by atoms with van der Waals surface area (Å²) in [4.78, 5) is 2.55. The van der Waals surface area contributed by atoms with Crippen LogP contribution < -0.4 is 0 Å². The molecular weight excluding hydrogens is 246 g/mol. The average Bonchev–Trinajstić information content (AvgIpc) is 2.93. The molecule has 1 aliphatic carbocycles. The van der Waals surface area contributed by atoms with Gasteiger partial charge in [0.2, 0.25) is 0 Å². The zero-order chi connectivity index (χ0) is 12.4. The molecule has 3 nitrogen and oxygen atoms in total. The minimum absolute atomic E-state index is 0.274. The number of ether oxygens (including phenoxy) is 2. The van der Waals surface area contributed by atoms with Gasteiger partial charge in [0.1, 0.15) is 0 Å². The van der Waals surface area contributed by atoms with Gasteiger partial charge in [-0.15, -0.1) is 0 Å². The maximum absolute atomic E-state index is 5.94. The Morgan fingerprint density at radius 1 is 1.50 bits per heavy atom. The van der Waals surface area contributed by atoms with E-state index in [9.17, 15) is 0 Å². The van der Waals surface area contributed by atoms with Crippen molar-refractivity contribution in [3.05, 3.63) is 22.4 Å². The maximum atomic E-state index is 5.94. The highest BCUT2D eigenvalue weighted by molar-refractivity contribution is 7.07. The van der Waals surface area contributed by atoms with E-state index in [1.54, 1.807) is 11.3 Å². The first kappa shape index (κ1) is 12.6. The van der Waals surface area contributed by atoms with E-state index in [-0.39, 0.29) is 6.10 Å². The SMILES string of the molecule is CCO[C@@H]1[C@H]2CC[C@H]1OCCN2Cc1ccsc1. The molecule has 1 aromatic rings. The van der Waals surface area contributed by atoms with Crippen molar-refractivity contribution in [2.75, 3.05) is 19.8 Å². The third-order valence-corrected chi connectivity index (χ3v) is 4.73. The lowest BCUT2D eigenvalue weighted by molar-refractivity contribution is -0.0498. The molecule has 0 amide bonds. The Morgan fingerprint density at radius 3 is 3.22 bits per heavy atom. The molecule has 0 aromatic carbocycles. The van der Waals surface area contributed by atoms with E-state index in [2.05, 4.69) is 28.7 Å². The van der Waals surface area contributed by atoms with Crippen molar-refractivity contribution in [1.82, 2.24) is 4.90 Å². The zero-order valence-electron chi connectivity index (χ0n) is 10.9. The first-order valence-electron chi connectivity index (χ1n) is 6.87. The van der Waals surface area contributed by atoms with E-state index in [1.165, 1.54) is 12.0 Å².